The van der Waals surface area contributed by atoms with Crippen molar-refractivity contribution in [3.8, 4) is 0 Å². The highest BCUT2D eigenvalue weighted by Crippen LogP contribution is 2.60. The fraction of sp³-hybridized carbons (Fsp3) is 0.720. The van der Waals surface area contributed by atoms with Crippen LogP contribution in [-0.4, -0.2) is 5.16 Å². The molecule has 0 amide bonds. The maximum absolute atomic E-state index is 4.68. The minimum absolute atomic E-state index is 0.647. The van der Waals surface area contributed by atoms with Gasteiger partial charge < -0.3 is 0 Å². The summed E-state index contributed by atoms with van der Waals surface area (Å²) in [7, 11) is 0. The standard InChI is InChI=1S/C25H37NS/c1-2-3-4-5-6-7-13-24-15-18-25(19-16-24,20-17-24)14-12-22-8-10-23(11-9-22)26-21-27/h8-11H,2-7,12-20H2,1H3. The molecule has 1 aromatic rings. The molecule has 1 nitrogen and oxygen atoms in total. The highest BCUT2D eigenvalue weighted by molar-refractivity contribution is 7.78. The Morgan fingerprint density at radius 2 is 1.37 bits per heavy atom. The molecule has 0 spiro atoms. The van der Waals surface area contributed by atoms with Crippen molar-refractivity contribution in [3.05, 3.63) is 29.8 Å². The molecule has 0 aliphatic heterocycles. The summed E-state index contributed by atoms with van der Waals surface area (Å²) in [5.41, 5.74) is 3.74. The molecular formula is C25H37NS. The summed E-state index contributed by atoms with van der Waals surface area (Å²) in [6.07, 6.45) is 21.7. The van der Waals surface area contributed by atoms with Gasteiger partial charge >= 0.3 is 0 Å². The predicted octanol–water partition coefficient (Wildman–Crippen LogP) is 8.44. The Morgan fingerprint density at radius 3 is 1.96 bits per heavy atom. The van der Waals surface area contributed by atoms with Gasteiger partial charge in [-0.1, -0.05) is 57.6 Å². The van der Waals surface area contributed by atoms with Crippen LogP contribution in [-0.2, 0) is 6.42 Å². The summed E-state index contributed by atoms with van der Waals surface area (Å²) in [6, 6.07) is 8.58. The van der Waals surface area contributed by atoms with Gasteiger partial charge in [0.15, 0.2) is 0 Å². The molecule has 0 N–H and O–H groups in total. The number of nitrogens with zero attached hydrogens (tertiary/aromatic N) is 1. The van der Waals surface area contributed by atoms with Crippen molar-refractivity contribution in [2.24, 2.45) is 15.8 Å². The van der Waals surface area contributed by atoms with E-state index in [0.29, 0.717) is 5.41 Å². The van der Waals surface area contributed by atoms with Crippen LogP contribution in [0.15, 0.2) is 29.3 Å². The predicted molar refractivity (Wildman–Crippen MR) is 120 cm³/mol. The molecule has 0 atom stereocenters. The first-order chi connectivity index (χ1) is 13.2. The van der Waals surface area contributed by atoms with Gasteiger partial charge in [0.25, 0.3) is 0 Å². The van der Waals surface area contributed by atoms with Gasteiger partial charge in [0, 0.05) is 0 Å². The number of hydrogen-bond donors (Lipinski definition) is 0. The number of thiocarbonyl (C=S) groups is 1. The molecule has 148 valence electrons. The van der Waals surface area contributed by atoms with E-state index in [2.05, 4.69) is 53.6 Å². The first-order valence-corrected chi connectivity index (χ1v) is 11.8. The lowest BCUT2D eigenvalue weighted by Gasteiger charge is -2.54. The van der Waals surface area contributed by atoms with Crippen LogP contribution in [0.1, 0.15) is 102 Å². The lowest BCUT2D eigenvalue weighted by molar-refractivity contribution is -0.0205. The molecule has 2 heteroatoms. The highest BCUT2D eigenvalue weighted by Gasteiger charge is 2.47. The van der Waals surface area contributed by atoms with Crippen molar-refractivity contribution >= 4 is 23.1 Å². The molecule has 0 saturated heterocycles. The van der Waals surface area contributed by atoms with Gasteiger partial charge in [0.1, 0.15) is 0 Å². The van der Waals surface area contributed by atoms with Crippen molar-refractivity contribution in [1.82, 2.24) is 0 Å². The second kappa shape index (κ2) is 9.99. The summed E-state index contributed by atoms with van der Waals surface area (Å²) in [5.74, 6) is 0. The molecule has 0 aromatic heterocycles. The Balaban J connectivity index is 1.41. The average Bonchev–Trinajstić information content (AvgIpc) is 2.72. The molecule has 3 aliphatic carbocycles. The topological polar surface area (TPSA) is 12.4 Å². The molecular weight excluding hydrogens is 346 g/mol. The largest absolute Gasteiger partial charge is 0.195 e. The minimum Gasteiger partial charge on any atom is -0.195 e. The molecule has 0 heterocycles. The monoisotopic (exact) mass is 383 g/mol. The van der Waals surface area contributed by atoms with Gasteiger partial charge in [-0.2, -0.15) is 4.99 Å². The number of unbranched alkanes of at least 4 members (excludes halogenated alkanes) is 5. The Labute approximate surface area is 172 Å². The second-order valence-electron chi connectivity index (χ2n) is 9.39. The molecule has 4 rings (SSSR count). The van der Waals surface area contributed by atoms with Crippen LogP contribution in [0.2, 0.25) is 0 Å². The van der Waals surface area contributed by atoms with E-state index in [1.807, 2.05) is 0 Å². The smallest absolute Gasteiger partial charge is 0.0739 e. The van der Waals surface area contributed by atoms with Crippen LogP contribution in [0.25, 0.3) is 0 Å². The fourth-order valence-electron chi connectivity index (χ4n) is 5.57. The summed E-state index contributed by atoms with van der Waals surface area (Å²) in [5, 5.41) is 2.45. The molecule has 3 saturated carbocycles. The maximum atomic E-state index is 4.68. The van der Waals surface area contributed by atoms with E-state index in [-0.39, 0.29) is 0 Å². The molecule has 1 aromatic carbocycles. The first kappa shape index (κ1) is 20.7. The van der Waals surface area contributed by atoms with E-state index in [9.17, 15) is 0 Å². The molecule has 27 heavy (non-hydrogen) atoms. The summed E-state index contributed by atoms with van der Waals surface area (Å²) >= 11 is 4.68. The van der Waals surface area contributed by atoms with Crippen molar-refractivity contribution in [2.45, 2.75) is 103 Å². The van der Waals surface area contributed by atoms with Crippen molar-refractivity contribution in [3.63, 3.8) is 0 Å². The SMILES string of the molecule is CCCCCCCCC12CCC(CCc3ccc(N=C=S)cc3)(CC1)CC2. The van der Waals surface area contributed by atoms with Crippen LogP contribution < -0.4 is 0 Å². The Kier molecular flexibility index (Phi) is 7.67. The first-order valence-electron chi connectivity index (χ1n) is 11.4. The summed E-state index contributed by atoms with van der Waals surface area (Å²) in [4.78, 5) is 4.05. The van der Waals surface area contributed by atoms with Crippen molar-refractivity contribution in [1.29, 1.82) is 0 Å². The number of rotatable bonds is 11. The summed E-state index contributed by atoms with van der Waals surface area (Å²) < 4.78 is 0. The van der Waals surface area contributed by atoms with Gasteiger partial charge in [0.05, 0.1) is 10.8 Å². The van der Waals surface area contributed by atoms with Crippen LogP contribution in [0.4, 0.5) is 5.69 Å². The molecule has 2 bridgehead atoms. The quantitative estimate of drug-likeness (QED) is 0.212. The number of aryl methyl sites for hydroxylation is 1. The summed E-state index contributed by atoms with van der Waals surface area (Å²) in [6.45, 7) is 2.31. The zero-order valence-electron chi connectivity index (χ0n) is 17.3. The van der Waals surface area contributed by atoms with Crippen molar-refractivity contribution < 1.29 is 0 Å². The molecule has 3 aliphatic rings. The van der Waals surface area contributed by atoms with Crippen LogP contribution >= 0.6 is 12.2 Å². The maximum Gasteiger partial charge on any atom is 0.0739 e. The second-order valence-corrected chi connectivity index (χ2v) is 9.57. The number of aliphatic imine (C=N–C) groups is 1. The fourth-order valence-corrected chi connectivity index (χ4v) is 5.68. The van der Waals surface area contributed by atoms with Gasteiger partial charge in [-0.25, -0.2) is 0 Å². The Hall–Kier alpha value is -0.980. The number of fused-ring (bicyclic) bond motifs is 3. The van der Waals surface area contributed by atoms with E-state index in [4.69, 9.17) is 0 Å². The Morgan fingerprint density at radius 1 is 0.815 bits per heavy atom. The van der Waals surface area contributed by atoms with E-state index >= 15 is 0 Å². The van der Waals surface area contributed by atoms with E-state index < -0.39 is 0 Å². The van der Waals surface area contributed by atoms with Gasteiger partial charge in [0.2, 0.25) is 0 Å². The van der Waals surface area contributed by atoms with Crippen molar-refractivity contribution in [2.75, 3.05) is 0 Å². The van der Waals surface area contributed by atoms with Crippen LogP contribution in [0.5, 0.6) is 0 Å². The Bertz CT molecular complexity index is 602. The zero-order valence-corrected chi connectivity index (χ0v) is 18.1. The lowest BCUT2D eigenvalue weighted by atomic mass is 9.51. The molecule has 3 fully saturated rings. The van der Waals surface area contributed by atoms with Crippen LogP contribution in [0.3, 0.4) is 0 Å². The third kappa shape index (κ3) is 5.75. The van der Waals surface area contributed by atoms with E-state index in [1.54, 1.807) is 0 Å². The molecule has 0 radical (unpaired) electrons. The number of isothiocyanates is 1. The average molecular weight is 384 g/mol. The number of hydrogen-bond acceptors (Lipinski definition) is 2. The normalized spacial score (nSPS) is 26.7. The third-order valence-corrected chi connectivity index (χ3v) is 7.76. The molecule has 0 unspecified atom stereocenters. The van der Waals surface area contributed by atoms with Crippen LogP contribution in [0, 0.1) is 10.8 Å². The minimum atomic E-state index is 0.647. The highest BCUT2D eigenvalue weighted by atomic mass is 32.1. The lowest BCUT2D eigenvalue weighted by Crippen LogP contribution is -2.41. The van der Waals surface area contributed by atoms with E-state index in [1.165, 1.54) is 102 Å². The zero-order chi connectivity index (χ0) is 19.0. The van der Waals surface area contributed by atoms with E-state index in [0.717, 1.165) is 11.1 Å². The number of benzene rings is 1. The third-order valence-electron chi connectivity index (χ3n) is 7.67. The van der Waals surface area contributed by atoms with Gasteiger partial charge in [-0.15, -0.1) is 0 Å². The van der Waals surface area contributed by atoms with Gasteiger partial charge in [-0.05, 0) is 98.5 Å². The van der Waals surface area contributed by atoms with Gasteiger partial charge in [-0.3, -0.25) is 0 Å².